The number of fused-ring (bicyclic) bond motifs is 3. The highest BCUT2D eigenvalue weighted by Gasteiger charge is 2.50. The Balaban J connectivity index is 0.000000671. The molecule has 48 heavy (non-hydrogen) atoms. The number of benzene rings is 3. The molecule has 0 saturated carbocycles. The Bertz CT molecular complexity index is 1500. The number of rotatable bonds is 11. The number of alkyl halides is 3. The number of nitrogens with one attached hydrogen (secondary N) is 1. The number of esters is 1. The Morgan fingerprint density at radius 2 is 1.44 bits per heavy atom. The molecule has 0 unspecified atom stereocenters. The number of hydrogen-bond acceptors (Lipinski definition) is 8. The second kappa shape index (κ2) is 15.5. The maximum Gasteiger partial charge on any atom is 0.430 e. The number of carboxylic acid groups (broad SMARTS) is 1. The van der Waals surface area contributed by atoms with Gasteiger partial charge in [-0.2, -0.15) is 13.2 Å². The number of carbonyl (C=O) groups is 3. The summed E-state index contributed by atoms with van der Waals surface area (Å²) in [6.07, 6.45) is -2.69. The van der Waals surface area contributed by atoms with Gasteiger partial charge >= 0.3 is 12.1 Å². The SMILES string of the molecule is COc1ccc(C(=O)NCCC[N+]23CCC(CC2)[C@@H](OC(=O)C(O)(c2ccccc2)c2ccccc2)C3)cc1OC.O=C([O-])C(F)(F)F. The zero-order valence-corrected chi connectivity index (χ0v) is 26.7. The molecule has 6 rings (SSSR count). The van der Waals surface area contributed by atoms with Crippen molar-refractivity contribution in [3.05, 3.63) is 95.6 Å². The molecule has 0 aliphatic carbocycles. The number of nitrogens with zero attached hydrogens (tertiary/aromatic N) is 1. The number of amides is 1. The standard InChI is InChI=1S/C33H38N2O6.C2HF3O2/c1-39-28-15-14-25(22-29(28)40-2)31(36)34-18-9-19-35-20-16-24(17-21-35)30(23-35)41-32(37)33(38,26-10-5-3-6-11-26)27-12-7-4-8-13-27;3-2(4,5)1(6)7/h3-8,10-15,22,24,30,38H,9,16-21,23H2,1-2H3;(H,6,7)/t24?,30-,35?;/m0./s1. The van der Waals surface area contributed by atoms with E-state index in [2.05, 4.69) is 5.32 Å². The first-order valence-corrected chi connectivity index (χ1v) is 15.5. The van der Waals surface area contributed by atoms with Gasteiger partial charge < -0.3 is 39.0 Å². The molecule has 3 fully saturated rings. The van der Waals surface area contributed by atoms with Gasteiger partial charge in [0, 0.05) is 37.3 Å². The zero-order chi connectivity index (χ0) is 35.0. The summed E-state index contributed by atoms with van der Waals surface area (Å²) in [6, 6.07) is 23.1. The molecule has 2 N–H and O–H groups in total. The number of methoxy groups -OCH3 is 2. The summed E-state index contributed by atoms with van der Waals surface area (Å²) in [5.41, 5.74) is -0.378. The minimum absolute atomic E-state index is 0.156. The van der Waals surface area contributed by atoms with E-state index in [0.29, 0.717) is 40.7 Å². The Labute approximate surface area is 276 Å². The summed E-state index contributed by atoms with van der Waals surface area (Å²) < 4.78 is 49.1. The zero-order valence-electron chi connectivity index (χ0n) is 26.7. The first-order chi connectivity index (χ1) is 22.8. The monoisotopic (exact) mass is 672 g/mol. The van der Waals surface area contributed by atoms with Crippen LogP contribution in [-0.2, 0) is 19.9 Å². The van der Waals surface area contributed by atoms with Gasteiger partial charge in [0.2, 0.25) is 5.60 Å². The Morgan fingerprint density at radius 3 is 1.94 bits per heavy atom. The van der Waals surface area contributed by atoms with E-state index in [9.17, 15) is 27.9 Å². The molecule has 0 spiro atoms. The van der Waals surface area contributed by atoms with Crippen LogP contribution in [0.25, 0.3) is 0 Å². The fraction of sp³-hybridized carbons (Fsp3) is 0.400. The minimum atomic E-state index is -5.19. The molecule has 2 bridgehead atoms. The van der Waals surface area contributed by atoms with Crippen LogP contribution in [0.2, 0.25) is 0 Å². The number of halogens is 3. The number of aliphatic hydroxyl groups is 1. The van der Waals surface area contributed by atoms with Crippen molar-refractivity contribution in [2.75, 3.05) is 46.9 Å². The molecular weight excluding hydrogens is 633 g/mol. The Hall–Kier alpha value is -4.62. The van der Waals surface area contributed by atoms with E-state index in [1.807, 2.05) is 36.4 Å². The van der Waals surface area contributed by atoms with E-state index in [4.69, 9.17) is 24.1 Å². The van der Waals surface area contributed by atoms with Gasteiger partial charge in [0.25, 0.3) is 5.91 Å². The van der Waals surface area contributed by atoms with Crippen LogP contribution >= 0.6 is 0 Å². The number of piperidine rings is 3. The van der Waals surface area contributed by atoms with Crippen LogP contribution in [0.15, 0.2) is 78.9 Å². The van der Waals surface area contributed by atoms with Crippen molar-refractivity contribution in [3.8, 4) is 11.5 Å². The summed E-state index contributed by atoms with van der Waals surface area (Å²) in [5, 5.41) is 23.6. The van der Waals surface area contributed by atoms with Crippen LogP contribution < -0.4 is 19.9 Å². The van der Waals surface area contributed by atoms with Gasteiger partial charge in [0.05, 0.1) is 33.9 Å². The molecule has 0 aromatic heterocycles. The van der Waals surface area contributed by atoms with Crippen LogP contribution in [0.3, 0.4) is 0 Å². The normalized spacial score (nSPS) is 20.1. The number of carboxylic acids is 1. The fourth-order valence-corrected chi connectivity index (χ4v) is 6.35. The molecule has 3 aromatic carbocycles. The Kier molecular flexibility index (Phi) is 11.7. The Morgan fingerprint density at radius 1 is 0.896 bits per heavy atom. The van der Waals surface area contributed by atoms with Gasteiger partial charge in [0.15, 0.2) is 17.6 Å². The van der Waals surface area contributed by atoms with Crippen LogP contribution in [0.1, 0.15) is 40.7 Å². The molecule has 1 atom stereocenters. The average Bonchev–Trinajstić information content (AvgIpc) is 3.10. The first-order valence-electron chi connectivity index (χ1n) is 15.5. The summed E-state index contributed by atoms with van der Waals surface area (Å²) in [5.74, 6) is -2.41. The van der Waals surface area contributed by atoms with Crippen LogP contribution in [0, 0.1) is 5.92 Å². The smallest absolute Gasteiger partial charge is 0.430 e. The van der Waals surface area contributed by atoms with Crippen LogP contribution in [0.4, 0.5) is 13.2 Å². The van der Waals surface area contributed by atoms with E-state index < -0.39 is 23.7 Å². The number of ether oxygens (including phenoxy) is 3. The lowest BCUT2D eigenvalue weighted by Crippen LogP contribution is -2.65. The van der Waals surface area contributed by atoms with Crippen molar-refractivity contribution >= 4 is 17.8 Å². The largest absolute Gasteiger partial charge is 0.542 e. The predicted molar refractivity (Wildman–Crippen MR) is 166 cm³/mol. The van der Waals surface area contributed by atoms with Crippen molar-refractivity contribution in [2.24, 2.45) is 5.92 Å². The van der Waals surface area contributed by atoms with Gasteiger partial charge in [-0.15, -0.1) is 0 Å². The second-order valence-corrected chi connectivity index (χ2v) is 11.9. The van der Waals surface area contributed by atoms with Gasteiger partial charge in [-0.25, -0.2) is 4.79 Å². The van der Waals surface area contributed by atoms with Crippen molar-refractivity contribution in [1.82, 2.24) is 5.32 Å². The molecule has 3 aromatic rings. The molecule has 1 amide bonds. The molecule has 258 valence electrons. The summed E-state index contributed by atoms with van der Waals surface area (Å²) in [6.45, 7) is 4.21. The molecular formula is C35H39F3N2O8. The number of quaternary nitrogens is 1. The van der Waals surface area contributed by atoms with E-state index in [1.54, 1.807) is 56.7 Å². The highest BCUT2D eigenvalue weighted by molar-refractivity contribution is 5.94. The minimum Gasteiger partial charge on any atom is -0.542 e. The molecule has 0 radical (unpaired) electrons. The van der Waals surface area contributed by atoms with Gasteiger partial charge in [-0.3, -0.25) is 4.79 Å². The maximum atomic E-state index is 13.7. The van der Waals surface area contributed by atoms with E-state index in [1.165, 1.54) is 0 Å². The lowest BCUT2D eigenvalue weighted by molar-refractivity contribution is -0.946. The summed E-state index contributed by atoms with van der Waals surface area (Å²) in [4.78, 5) is 35.2. The van der Waals surface area contributed by atoms with Crippen LogP contribution in [-0.4, -0.2) is 86.7 Å². The highest BCUT2D eigenvalue weighted by Crippen LogP contribution is 2.38. The van der Waals surface area contributed by atoms with Crippen LogP contribution in [0.5, 0.6) is 11.5 Å². The number of carbonyl (C=O) groups excluding carboxylic acids is 3. The third-order valence-electron chi connectivity index (χ3n) is 8.95. The first kappa shape index (κ1) is 36.2. The molecule has 13 heteroatoms. The lowest BCUT2D eigenvalue weighted by atomic mass is 9.82. The van der Waals surface area contributed by atoms with Gasteiger partial charge in [-0.1, -0.05) is 60.7 Å². The molecule has 3 saturated heterocycles. The summed E-state index contributed by atoms with van der Waals surface area (Å²) in [7, 11) is 3.11. The number of hydrogen-bond donors (Lipinski definition) is 2. The third kappa shape index (κ3) is 8.45. The van der Waals surface area contributed by atoms with Crippen molar-refractivity contribution in [3.63, 3.8) is 0 Å². The van der Waals surface area contributed by atoms with E-state index >= 15 is 0 Å². The van der Waals surface area contributed by atoms with Crippen molar-refractivity contribution in [2.45, 2.75) is 37.1 Å². The summed E-state index contributed by atoms with van der Waals surface area (Å²) >= 11 is 0. The van der Waals surface area contributed by atoms with Crippen molar-refractivity contribution < 1.29 is 56.5 Å². The van der Waals surface area contributed by atoms with E-state index in [0.717, 1.165) is 49.9 Å². The fourth-order valence-electron chi connectivity index (χ4n) is 6.35. The maximum absolute atomic E-state index is 13.7. The van der Waals surface area contributed by atoms with Crippen molar-refractivity contribution in [1.29, 1.82) is 0 Å². The third-order valence-corrected chi connectivity index (χ3v) is 8.95. The lowest BCUT2D eigenvalue weighted by Gasteiger charge is -2.52. The topological polar surface area (TPSA) is 134 Å². The van der Waals surface area contributed by atoms with E-state index in [-0.39, 0.29) is 12.0 Å². The number of aliphatic carboxylic acids is 1. The molecule has 10 nitrogen and oxygen atoms in total. The quantitative estimate of drug-likeness (QED) is 0.180. The van der Waals surface area contributed by atoms with Gasteiger partial charge in [0.1, 0.15) is 12.5 Å². The predicted octanol–water partition coefficient (Wildman–Crippen LogP) is 3.21. The van der Waals surface area contributed by atoms with Gasteiger partial charge in [-0.05, 0) is 29.3 Å². The molecule has 3 heterocycles. The molecule has 3 aliphatic rings. The highest BCUT2D eigenvalue weighted by atomic mass is 19.4. The average molecular weight is 673 g/mol. The second-order valence-electron chi connectivity index (χ2n) is 11.9. The molecule has 3 aliphatic heterocycles.